The minimum absolute atomic E-state index is 0.779. The molecule has 0 radical (unpaired) electrons. The Kier molecular flexibility index (Phi) is 6.53. The van der Waals surface area contributed by atoms with E-state index in [0.717, 1.165) is 21.7 Å². The summed E-state index contributed by atoms with van der Waals surface area (Å²) in [7, 11) is 0. The van der Waals surface area contributed by atoms with E-state index >= 15 is 0 Å². The van der Waals surface area contributed by atoms with Crippen LogP contribution in [0.25, 0.3) is 0 Å². The number of benzene rings is 1. The second-order valence-electron chi connectivity index (χ2n) is 3.10. The van der Waals surface area contributed by atoms with E-state index in [0.29, 0.717) is 0 Å². The highest BCUT2D eigenvalue weighted by atomic mass is 79.9. The van der Waals surface area contributed by atoms with Crippen molar-refractivity contribution in [3.63, 3.8) is 0 Å². The molecule has 0 bridgehead atoms. The summed E-state index contributed by atoms with van der Waals surface area (Å²) in [5, 5.41) is 4.12. The van der Waals surface area contributed by atoms with Crippen LogP contribution in [0.15, 0.2) is 22.7 Å². The van der Waals surface area contributed by atoms with Crippen LogP contribution in [-0.2, 0) is 0 Å². The molecule has 0 fully saturated rings. The number of hydrogen-bond acceptors (Lipinski definition) is 2. The fourth-order valence-electron chi connectivity index (χ4n) is 1.17. The van der Waals surface area contributed by atoms with Gasteiger partial charge in [-0.25, -0.2) is 0 Å². The van der Waals surface area contributed by atoms with Crippen LogP contribution in [0.2, 0.25) is 5.02 Å². The van der Waals surface area contributed by atoms with Gasteiger partial charge in [0.05, 0.1) is 10.7 Å². The van der Waals surface area contributed by atoms with Crippen molar-refractivity contribution in [2.75, 3.05) is 23.4 Å². The third-order valence-electron chi connectivity index (χ3n) is 1.91. The average Bonchev–Trinajstić information content (AvgIpc) is 2.23. The molecule has 0 saturated carbocycles. The van der Waals surface area contributed by atoms with Gasteiger partial charge in [0.15, 0.2) is 0 Å². The summed E-state index contributed by atoms with van der Waals surface area (Å²) >= 11 is 11.4. The molecular formula is C11H15BrClNS. The lowest BCUT2D eigenvalue weighted by Crippen LogP contribution is -2.03. The van der Waals surface area contributed by atoms with Gasteiger partial charge < -0.3 is 5.32 Å². The lowest BCUT2D eigenvalue weighted by Gasteiger charge is -2.08. The summed E-state index contributed by atoms with van der Waals surface area (Å²) in [4.78, 5) is 0. The van der Waals surface area contributed by atoms with E-state index in [9.17, 15) is 0 Å². The molecule has 1 nitrogen and oxygen atoms in total. The molecule has 0 aliphatic carbocycles. The summed E-state index contributed by atoms with van der Waals surface area (Å²) in [6.07, 6.45) is 1.17. The Morgan fingerprint density at radius 2 is 2.27 bits per heavy atom. The highest BCUT2D eigenvalue weighted by Gasteiger charge is 1.99. The second kappa shape index (κ2) is 7.42. The Balaban J connectivity index is 2.33. The first kappa shape index (κ1) is 13.2. The van der Waals surface area contributed by atoms with Gasteiger partial charge in [0, 0.05) is 11.0 Å². The molecule has 0 saturated heterocycles. The molecular weight excluding hydrogens is 294 g/mol. The molecule has 15 heavy (non-hydrogen) atoms. The molecule has 0 amide bonds. The van der Waals surface area contributed by atoms with Crippen LogP contribution in [0, 0.1) is 0 Å². The predicted octanol–water partition coefficient (Wildman–Crippen LogP) is 4.66. The second-order valence-corrected chi connectivity index (χ2v) is 5.82. The van der Waals surface area contributed by atoms with Gasteiger partial charge in [-0.15, -0.1) is 0 Å². The van der Waals surface area contributed by atoms with Crippen molar-refractivity contribution in [2.45, 2.75) is 13.3 Å². The molecule has 0 unspecified atom stereocenters. The predicted molar refractivity (Wildman–Crippen MR) is 75.3 cm³/mol. The van der Waals surface area contributed by atoms with Gasteiger partial charge in [0.25, 0.3) is 0 Å². The first-order valence-electron chi connectivity index (χ1n) is 5.00. The first-order chi connectivity index (χ1) is 7.24. The largest absolute Gasteiger partial charge is 0.384 e. The monoisotopic (exact) mass is 307 g/mol. The van der Waals surface area contributed by atoms with Gasteiger partial charge in [-0.1, -0.05) is 34.5 Å². The van der Waals surface area contributed by atoms with Crippen molar-refractivity contribution in [1.82, 2.24) is 0 Å². The van der Waals surface area contributed by atoms with Crippen LogP contribution < -0.4 is 5.32 Å². The number of halogens is 2. The van der Waals surface area contributed by atoms with Crippen LogP contribution >= 0.6 is 39.3 Å². The molecule has 1 aromatic carbocycles. The van der Waals surface area contributed by atoms with Gasteiger partial charge in [0.2, 0.25) is 0 Å². The molecule has 4 heteroatoms. The Labute approximate surface area is 109 Å². The third kappa shape index (κ3) is 5.14. The molecule has 1 aromatic rings. The highest BCUT2D eigenvalue weighted by Crippen LogP contribution is 2.25. The van der Waals surface area contributed by atoms with Gasteiger partial charge in [0.1, 0.15) is 0 Å². The smallest absolute Gasteiger partial charge is 0.0638 e. The normalized spacial score (nSPS) is 10.3. The molecule has 0 atom stereocenters. The van der Waals surface area contributed by atoms with E-state index < -0.39 is 0 Å². The maximum atomic E-state index is 6.05. The molecule has 0 heterocycles. The Hall–Kier alpha value is 0.140. The van der Waals surface area contributed by atoms with Crippen LogP contribution in [0.1, 0.15) is 13.3 Å². The first-order valence-corrected chi connectivity index (χ1v) is 7.33. The van der Waals surface area contributed by atoms with Gasteiger partial charge >= 0.3 is 0 Å². The molecule has 1 N–H and O–H groups in total. The zero-order chi connectivity index (χ0) is 11.1. The van der Waals surface area contributed by atoms with Crippen molar-refractivity contribution in [1.29, 1.82) is 0 Å². The molecule has 1 rings (SSSR count). The quantitative estimate of drug-likeness (QED) is 0.767. The number of anilines is 1. The maximum Gasteiger partial charge on any atom is 0.0638 e. The van der Waals surface area contributed by atoms with E-state index in [1.165, 1.54) is 17.9 Å². The summed E-state index contributed by atoms with van der Waals surface area (Å²) in [6.45, 7) is 3.16. The minimum atomic E-state index is 0.779. The van der Waals surface area contributed by atoms with Crippen LogP contribution in [0.5, 0.6) is 0 Å². The topological polar surface area (TPSA) is 12.0 Å². The average molecular weight is 309 g/mol. The summed E-state index contributed by atoms with van der Waals surface area (Å²) < 4.78 is 1.05. The van der Waals surface area contributed by atoms with Crippen molar-refractivity contribution >= 4 is 45.0 Å². The van der Waals surface area contributed by atoms with E-state index in [1.54, 1.807) is 0 Å². The van der Waals surface area contributed by atoms with Crippen LogP contribution in [0.3, 0.4) is 0 Å². The summed E-state index contributed by atoms with van der Waals surface area (Å²) in [5.41, 5.74) is 1.01. The number of nitrogens with one attached hydrogen (secondary N) is 1. The molecule has 0 aromatic heterocycles. The Morgan fingerprint density at radius 3 is 3.00 bits per heavy atom. The fraction of sp³-hybridized carbons (Fsp3) is 0.455. The molecule has 0 aliphatic rings. The van der Waals surface area contributed by atoms with Gasteiger partial charge in [-0.2, -0.15) is 11.8 Å². The zero-order valence-electron chi connectivity index (χ0n) is 8.72. The lowest BCUT2D eigenvalue weighted by atomic mass is 10.3. The Morgan fingerprint density at radius 1 is 1.47 bits per heavy atom. The number of thioether (sulfide) groups is 1. The van der Waals surface area contributed by atoms with Crippen LogP contribution in [0.4, 0.5) is 5.69 Å². The molecule has 84 valence electrons. The van der Waals surface area contributed by atoms with Crippen molar-refractivity contribution < 1.29 is 0 Å². The van der Waals surface area contributed by atoms with Crippen molar-refractivity contribution in [3.05, 3.63) is 27.7 Å². The maximum absolute atomic E-state index is 6.05. The van der Waals surface area contributed by atoms with Crippen molar-refractivity contribution in [2.24, 2.45) is 0 Å². The summed E-state index contributed by atoms with van der Waals surface area (Å²) in [6, 6.07) is 5.85. The van der Waals surface area contributed by atoms with E-state index in [-0.39, 0.29) is 0 Å². The summed E-state index contributed by atoms with van der Waals surface area (Å²) in [5.74, 6) is 2.40. The zero-order valence-corrected chi connectivity index (χ0v) is 11.9. The standard InChI is InChI=1S/C11H15BrClNS/c1-2-15-7-3-6-14-11-8-9(12)4-5-10(11)13/h4-5,8,14H,2-3,6-7H2,1H3. The third-order valence-corrected chi connectivity index (χ3v) is 3.72. The van der Waals surface area contributed by atoms with E-state index in [2.05, 4.69) is 28.2 Å². The Bertz CT molecular complexity index is 307. The van der Waals surface area contributed by atoms with Crippen LogP contribution in [-0.4, -0.2) is 18.1 Å². The molecule has 0 spiro atoms. The number of hydrogen-bond donors (Lipinski definition) is 1. The molecule has 0 aliphatic heterocycles. The SMILES string of the molecule is CCSCCCNc1cc(Br)ccc1Cl. The highest BCUT2D eigenvalue weighted by molar-refractivity contribution is 9.10. The lowest BCUT2D eigenvalue weighted by molar-refractivity contribution is 0.992. The minimum Gasteiger partial charge on any atom is -0.384 e. The van der Waals surface area contributed by atoms with E-state index in [1.807, 2.05) is 30.0 Å². The van der Waals surface area contributed by atoms with E-state index in [4.69, 9.17) is 11.6 Å². The van der Waals surface area contributed by atoms with Gasteiger partial charge in [-0.05, 0) is 36.1 Å². The van der Waals surface area contributed by atoms with Crippen molar-refractivity contribution in [3.8, 4) is 0 Å². The number of rotatable bonds is 6. The van der Waals surface area contributed by atoms with Gasteiger partial charge in [-0.3, -0.25) is 0 Å². The fourth-order valence-corrected chi connectivity index (χ4v) is 2.36.